The van der Waals surface area contributed by atoms with E-state index in [1.165, 1.54) is 6.20 Å². The Kier molecular flexibility index (Phi) is 2.32. The fraction of sp³-hybridized carbons (Fsp3) is 0. The number of aromatic nitrogens is 3. The Morgan fingerprint density at radius 1 is 1.40 bits per heavy atom. The van der Waals surface area contributed by atoms with Gasteiger partial charge in [0.2, 0.25) is 5.95 Å². The smallest absolute Gasteiger partial charge is 0.261 e. The number of nitrogen functional groups attached to an aromatic ring is 1. The zero-order chi connectivity index (χ0) is 10.7. The molecule has 6 heteroatoms. The molecule has 0 saturated heterocycles. The van der Waals surface area contributed by atoms with E-state index in [0.717, 1.165) is 0 Å². The highest BCUT2D eigenvalue weighted by molar-refractivity contribution is 6.06. The van der Waals surface area contributed by atoms with Gasteiger partial charge in [-0.25, -0.2) is 9.97 Å². The highest BCUT2D eigenvalue weighted by Crippen LogP contribution is 2.08. The summed E-state index contributed by atoms with van der Waals surface area (Å²) in [6.45, 7) is 0. The molecule has 0 radical (unpaired) electrons. The van der Waals surface area contributed by atoms with E-state index in [1.807, 2.05) is 0 Å². The fourth-order valence-electron chi connectivity index (χ4n) is 1.12. The number of hydrogen-bond donors (Lipinski definition) is 3. The summed E-state index contributed by atoms with van der Waals surface area (Å²) < 4.78 is 0. The summed E-state index contributed by atoms with van der Waals surface area (Å²) in [5, 5.41) is 2.55. The van der Waals surface area contributed by atoms with Gasteiger partial charge in [0.1, 0.15) is 5.82 Å². The van der Waals surface area contributed by atoms with Crippen molar-refractivity contribution in [3.05, 3.63) is 36.3 Å². The van der Waals surface area contributed by atoms with Crippen molar-refractivity contribution in [2.45, 2.75) is 0 Å². The molecule has 0 aliphatic rings. The highest BCUT2D eigenvalue weighted by atomic mass is 16.1. The first-order valence-corrected chi connectivity index (χ1v) is 4.28. The topological polar surface area (TPSA) is 96.7 Å². The minimum absolute atomic E-state index is 0.196. The second-order valence-electron chi connectivity index (χ2n) is 2.83. The molecule has 2 rings (SSSR count). The number of amides is 1. The molecule has 4 N–H and O–H groups in total. The third-order valence-electron chi connectivity index (χ3n) is 1.81. The van der Waals surface area contributed by atoms with Crippen molar-refractivity contribution in [1.82, 2.24) is 15.0 Å². The van der Waals surface area contributed by atoms with Gasteiger partial charge in [-0.1, -0.05) is 0 Å². The number of nitrogens with zero attached hydrogens (tertiary/aromatic N) is 2. The number of hydrogen-bond acceptors (Lipinski definition) is 4. The molecular formula is C9H9N5O. The molecule has 1 amide bonds. The molecule has 2 aromatic rings. The fourth-order valence-corrected chi connectivity index (χ4v) is 1.12. The molecular weight excluding hydrogens is 194 g/mol. The van der Waals surface area contributed by atoms with Crippen molar-refractivity contribution >= 4 is 17.7 Å². The molecule has 0 atom stereocenters. The largest absolute Gasteiger partial charge is 0.383 e. The number of rotatable bonds is 2. The molecule has 0 fully saturated rings. The summed E-state index contributed by atoms with van der Waals surface area (Å²) in [7, 11) is 0. The summed E-state index contributed by atoms with van der Waals surface area (Å²) in [6.07, 6.45) is 4.68. The number of aromatic amines is 1. The van der Waals surface area contributed by atoms with Crippen LogP contribution in [0.25, 0.3) is 0 Å². The van der Waals surface area contributed by atoms with Crippen LogP contribution < -0.4 is 11.1 Å². The van der Waals surface area contributed by atoms with E-state index in [-0.39, 0.29) is 11.7 Å². The first kappa shape index (κ1) is 9.20. The molecule has 0 aliphatic carbocycles. The lowest BCUT2D eigenvalue weighted by molar-refractivity contribution is 0.102. The van der Waals surface area contributed by atoms with Crippen LogP contribution in [0, 0.1) is 0 Å². The Balaban J connectivity index is 2.19. The van der Waals surface area contributed by atoms with Crippen LogP contribution in [-0.4, -0.2) is 20.9 Å². The molecule has 0 saturated carbocycles. The third kappa shape index (κ3) is 1.93. The van der Waals surface area contributed by atoms with E-state index in [2.05, 4.69) is 20.3 Å². The van der Waals surface area contributed by atoms with Crippen LogP contribution >= 0.6 is 0 Å². The van der Waals surface area contributed by atoms with E-state index in [9.17, 15) is 4.79 Å². The Labute approximate surface area is 85.6 Å². The van der Waals surface area contributed by atoms with Crippen LogP contribution in [0.1, 0.15) is 10.4 Å². The molecule has 0 bridgehead atoms. The summed E-state index contributed by atoms with van der Waals surface area (Å²) in [5.74, 6) is 0.236. The van der Waals surface area contributed by atoms with Gasteiger partial charge in [0.15, 0.2) is 0 Å². The van der Waals surface area contributed by atoms with Gasteiger partial charge < -0.3 is 10.7 Å². The lowest BCUT2D eigenvalue weighted by Crippen LogP contribution is -2.15. The van der Waals surface area contributed by atoms with Crippen molar-refractivity contribution in [2.75, 3.05) is 11.1 Å². The predicted molar refractivity (Wildman–Crippen MR) is 55.2 cm³/mol. The van der Waals surface area contributed by atoms with Gasteiger partial charge in [-0.3, -0.25) is 10.1 Å². The molecule has 6 nitrogen and oxygen atoms in total. The van der Waals surface area contributed by atoms with Crippen molar-refractivity contribution in [1.29, 1.82) is 0 Å². The van der Waals surface area contributed by atoms with Gasteiger partial charge in [-0.2, -0.15) is 0 Å². The molecule has 0 aromatic carbocycles. The van der Waals surface area contributed by atoms with Gasteiger partial charge >= 0.3 is 0 Å². The second-order valence-corrected chi connectivity index (χ2v) is 2.83. The third-order valence-corrected chi connectivity index (χ3v) is 1.81. The maximum absolute atomic E-state index is 11.6. The molecule has 76 valence electrons. The van der Waals surface area contributed by atoms with Crippen LogP contribution in [-0.2, 0) is 0 Å². The zero-order valence-electron chi connectivity index (χ0n) is 7.77. The first-order valence-electron chi connectivity index (χ1n) is 4.28. The minimum Gasteiger partial charge on any atom is -0.383 e. The Morgan fingerprint density at radius 2 is 2.27 bits per heavy atom. The molecule has 2 aromatic heterocycles. The average molecular weight is 203 g/mol. The summed E-state index contributed by atoms with van der Waals surface area (Å²) in [5.41, 5.74) is 5.88. The summed E-state index contributed by atoms with van der Waals surface area (Å²) in [6, 6.07) is 3.24. The van der Waals surface area contributed by atoms with Gasteiger partial charge in [0, 0.05) is 18.6 Å². The maximum Gasteiger partial charge on any atom is 0.261 e. The number of H-pyrrole nitrogens is 1. The Bertz CT molecular complexity index is 465. The van der Waals surface area contributed by atoms with E-state index >= 15 is 0 Å². The molecule has 2 heterocycles. The van der Waals surface area contributed by atoms with E-state index in [4.69, 9.17) is 5.73 Å². The van der Waals surface area contributed by atoms with Crippen LogP contribution in [0.5, 0.6) is 0 Å². The van der Waals surface area contributed by atoms with Crippen LogP contribution in [0.3, 0.4) is 0 Å². The second kappa shape index (κ2) is 3.79. The molecule has 15 heavy (non-hydrogen) atoms. The van der Waals surface area contributed by atoms with Gasteiger partial charge in [0.25, 0.3) is 5.91 Å². The summed E-state index contributed by atoms with van der Waals surface area (Å²) in [4.78, 5) is 22.1. The number of nitrogens with two attached hydrogens (primary N) is 1. The first-order chi connectivity index (χ1) is 7.27. The SMILES string of the molecule is Nc1ncccc1C(=O)Nc1ncc[nH]1. The molecule has 0 unspecified atom stereocenters. The number of carbonyl (C=O) groups is 1. The monoisotopic (exact) mass is 203 g/mol. The van der Waals surface area contributed by atoms with Gasteiger partial charge in [-0.15, -0.1) is 0 Å². The van der Waals surface area contributed by atoms with Crippen molar-refractivity contribution in [3.8, 4) is 0 Å². The van der Waals surface area contributed by atoms with Gasteiger partial charge in [0.05, 0.1) is 5.56 Å². The number of anilines is 2. The van der Waals surface area contributed by atoms with Crippen LogP contribution in [0.4, 0.5) is 11.8 Å². The lowest BCUT2D eigenvalue weighted by Gasteiger charge is -2.03. The van der Waals surface area contributed by atoms with Crippen LogP contribution in [0.15, 0.2) is 30.7 Å². The minimum atomic E-state index is -0.337. The Hall–Kier alpha value is -2.37. The standard InChI is InChI=1S/C9H9N5O/c10-7-6(2-1-3-11-7)8(15)14-9-12-4-5-13-9/h1-5H,(H2,10,11)(H2,12,13,14,15). The lowest BCUT2D eigenvalue weighted by atomic mass is 10.2. The van der Waals surface area contributed by atoms with Crippen molar-refractivity contribution < 1.29 is 4.79 Å². The molecule has 0 spiro atoms. The summed E-state index contributed by atoms with van der Waals surface area (Å²) >= 11 is 0. The van der Waals surface area contributed by atoms with Crippen LogP contribution in [0.2, 0.25) is 0 Å². The van der Waals surface area contributed by atoms with E-state index in [1.54, 1.807) is 24.5 Å². The molecule has 0 aliphatic heterocycles. The van der Waals surface area contributed by atoms with Crippen molar-refractivity contribution in [3.63, 3.8) is 0 Å². The van der Waals surface area contributed by atoms with Gasteiger partial charge in [-0.05, 0) is 12.1 Å². The zero-order valence-corrected chi connectivity index (χ0v) is 7.77. The number of imidazole rings is 1. The average Bonchev–Trinajstić information content (AvgIpc) is 2.71. The normalized spacial score (nSPS) is 9.87. The maximum atomic E-state index is 11.6. The van der Waals surface area contributed by atoms with E-state index in [0.29, 0.717) is 11.5 Å². The quantitative estimate of drug-likeness (QED) is 0.667. The van der Waals surface area contributed by atoms with Crippen molar-refractivity contribution in [2.24, 2.45) is 0 Å². The number of carbonyl (C=O) groups excluding carboxylic acids is 1. The highest BCUT2D eigenvalue weighted by Gasteiger charge is 2.10. The number of pyridine rings is 1. The number of nitrogens with one attached hydrogen (secondary N) is 2. The van der Waals surface area contributed by atoms with E-state index < -0.39 is 0 Å². The predicted octanol–water partition coefficient (Wildman–Crippen LogP) is 0.639. The Morgan fingerprint density at radius 3 is 2.93 bits per heavy atom.